The van der Waals surface area contributed by atoms with E-state index in [9.17, 15) is 13.7 Å². The molecular formula is C25H22BrN5O2S2. The number of nitrogens with one attached hydrogen (secondary N) is 1. The summed E-state index contributed by atoms with van der Waals surface area (Å²) in [5, 5.41) is 9.52. The van der Waals surface area contributed by atoms with Crippen LogP contribution in [0.4, 0.5) is 5.69 Å². The number of imidazole rings is 1. The second kappa shape index (κ2) is 9.95. The van der Waals surface area contributed by atoms with Crippen LogP contribution < -0.4 is 4.90 Å². The second-order valence-electron chi connectivity index (χ2n) is 8.35. The number of thiophene rings is 1. The molecule has 0 radical (unpaired) electrons. The van der Waals surface area contributed by atoms with Crippen LogP contribution in [0.25, 0.3) is 0 Å². The lowest BCUT2D eigenvalue weighted by Gasteiger charge is -2.31. The molecule has 1 unspecified atom stereocenters. The fourth-order valence-electron chi connectivity index (χ4n) is 4.44. The molecule has 2 aromatic carbocycles. The van der Waals surface area contributed by atoms with Crippen LogP contribution in [0.15, 0.2) is 81.2 Å². The number of halogens is 1. The van der Waals surface area contributed by atoms with Gasteiger partial charge in [0.2, 0.25) is 0 Å². The summed E-state index contributed by atoms with van der Waals surface area (Å²) in [6.07, 6.45) is 4.04. The number of nitrogens with zero attached hydrogens (tertiary/aromatic N) is 4. The molecule has 3 heterocycles. The van der Waals surface area contributed by atoms with Gasteiger partial charge in [-0.25, -0.2) is 13.4 Å². The highest BCUT2D eigenvalue weighted by atomic mass is 79.9. The first-order chi connectivity index (χ1) is 16.9. The molecule has 2 aromatic heterocycles. The van der Waals surface area contributed by atoms with Gasteiger partial charge in [-0.3, -0.25) is 0 Å². The minimum Gasteiger partial charge on any atom is -0.364 e. The van der Waals surface area contributed by atoms with Crippen molar-refractivity contribution in [2.24, 2.45) is 0 Å². The lowest BCUT2D eigenvalue weighted by Crippen LogP contribution is -2.45. The Morgan fingerprint density at radius 1 is 1.17 bits per heavy atom. The largest absolute Gasteiger partial charge is 0.364 e. The fraction of sp³-hybridized carbons (Fsp3) is 0.200. The number of fused-ring (bicyclic) bond motifs is 1. The molecule has 0 amide bonds. The number of hydrogen-bond acceptors (Lipinski definition) is 6. The molecule has 1 aliphatic heterocycles. The highest BCUT2D eigenvalue weighted by Gasteiger charge is 2.37. The minimum absolute atomic E-state index is 0.178. The molecule has 0 bridgehead atoms. The summed E-state index contributed by atoms with van der Waals surface area (Å²) in [5.41, 5.74) is 4.14. The van der Waals surface area contributed by atoms with E-state index in [1.165, 1.54) is 11.3 Å². The first-order valence-electron chi connectivity index (χ1n) is 11.0. The van der Waals surface area contributed by atoms with E-state index in [1.807, 2.05) is 42.6 Å². The maximum Gasteiger partial charge on any atom is 0.253 e. The van der Waals surface area contributed by atoms with Gasteiger partial charge in [0.15, 0.2) is 0 Å². The van der Waals surface area contributed by atoms with Crippen LogP contribution >= 0.6 is 27.3 Å². The summed E-state index contributed by atoms with van der Waals surface area (Å²) in [4.78, 5) is 9.55. The third-order valence-electron chi connectivity index (χ3n) is 6.05. The van der Waals surface area contributed by atoms with E-state index in [-0.39, 0.29) is 12.6 Å². The first-order valence-corrected chi connectivity index (χ1v) is 14.1. The molecule has 0 saturated carbocycles. The van der Waals surface area contributed by atoms with E-state index in [0.29, 0.717) is 29.3 Å². The zero-order chi connectivity index (χ0) is 24.4. The highest BCUT2D eigenvalue weighted by molar-refractivity contribution is 9.11. The summed E-state index contributed by atoms with van der Waals surface area (Å²) < 4.78 is 30.6. The zero-order valence-corrected chi connectivity index (χ0v) is 21.9. The number of aromatic nitrogens is 2. The van der Waals surface area contributed by atoms with Gasteiger partial charge in [0.1, 0.15) is 4.21 Å². The van der Waals surface area contributed by atoms with Crippen molar-refractivity contribution in [1.29, 1.82) is 5.26 Å². The highest BCUT2D eigenvalue weighted by Crippen LogP contribution is 2.36. The molecule has 1 atom stereocenters. The molecule has 1 aliphatic rings. The molecule has 0 aliphatic carbocycles. The molecule has 7 nitrogen and oxygen atoms in total. The van der Waals surface area contributed by atoms with Crippen molar-refractivity contribution in [3.63, 3.8) is 0 Å². The number of sulfonamides is 1. The maximum absolute atomic E-state index is 14.0. The molecule has 0 saturated heterocycles. The van der Waals surface area contributed by atoms with Crippen LogP contribution in [0.2, 0.25) is 0 Å². The van der Waals surface area contributed by atoms with Gasteiger partial charge in [-0.05, 0) is 63.8 Å². The number of nitriles is 1. The number of aromatic amines is 1. The van der Waals surface area contributed by atoms with E-state index in [2.05, 4.69) is 36.9 Å². The van der Waals surface area contributed by atoms with Crippen molar-refractivity contribution in [1.82, 2.24) is 14.3 Å². The Morgan fingerprint density at radius 2 is 2.00 bits per heavy atom. The molecular weight excluding hydrogens is 546 g/mol. The van der Waals surface area contributed by atoms with Crippen molar-refractivity contribution < 1.29 is 8.42 Å². The van der Waals surface area contributed by atoms with E-state index in [0.717, 1.165) is 26.3 Å². The van der Waals surface area contributed by atoms with Gasteiger partial charge >= 0.3 is 0 Å². The normalized spacial score (nSPS) is 16.5. The van der Waals surface area contributed by atoms with E-state index in [4.69, 9.17) is 0 Å². The number of H-pyrrole nitrogens is 1. The van der Waals surface area contributed by atoms with Gasteiger partial charge in [0.25, 0.3) is 10.0 Å². The molecule has 4 aromatic rings. The summed E-state index contributed by atoms with van der Waals surface area (Å²) in [6, 6.07) is 20.7. The van der Waals surface area contributed by atoms with Crippen molar-refractivity contribution in [3.8, 4) is 6.07 Å². The number of anilines is 1. The predicted molar refractivity (Wildman–Crippen MR) is 139 cm³/mol. The van der Waals surface area contributed by atoms with Crippen LogP contribution in [-0.2, 0) is 29.5 Å². The van der Waals surface area contributed by atoms with Crippen LogP contribution in [0.5, 0.6) is 0 Å². The van der Waals surface area contributed by atoms with Gasteiger partial charge in [-0.2, -0.15) is 9.57 Å². The number of hydrogen-bond donors (Lipinski definition) is 1. The van der Waals surface area contributed by atoms with Gasteiger partial charge in [0.05, 0.1) is 34.0 Å². The lowest BCUT2D eigenvalue weighted by atomic mass is 10.1. The van der Waals surface area contributed by atoms with Crippen LogP contribution in [0.3, 0.4) is 0 Å². The van der Waals surface area contributed by atoms with Crippen LogP contribution in [0.1, 0.15) is 22.4 Å². The summed E-state index contributed by atoms with van der Waals surface area (Å²) in [6.45, 7) is 1.18. The van der Waals surface area contributed by atoms with Gasteiger partial charge in [-0.1, -0.05) is 30.3 Å². The quantitative estimate of drug-likeness (QED) is 0.356. The SMILES string of the molecule is N#Cc1ccc2c(c1)CN(S(=O)(=O)c1ccc(Br)s1)C(Cc1ccccc1)CN2Cc1c[nH]cn1. The summed E-state index contributed by atoms with van der Waals surface area (Å²) >= 11 is 4.61. The lowest BCUT2D eigenvalue weighted by molar-refractivity contribution is 0.318. The molecule has 178 valence electrons. The van der Waals surface area contributed by atoms with Gasteiger partial charge in [0, 0.05) is 31.0 Å². The minimum atomic E-state index is -3.79. The summed E-state index contributed by atoms with van der Waals surface area (Å²) in [7, 11) is -3.79. The zero-order valence-electron chi connectivity index (χ0n) is 18.6. The Hall–Kier alpha value is -2.97. The molecule has 5 rings (SSSR count). The monoisotopic (exact) mass is 567 g/mol. The van der Waals surface area contributed by atoms with Crippen molar-refractivity contribution >= 4 is 43.0 Å². The van der Waals surface area contributed by atoms with Crippen LogP contribution in [0, 0.1) is 11.3 Å². The third-order valence-corrected chi connectivity index (χ3v) is 10.0. The third kappa shape index (κ3) is 5.04. The molecule has 35 heavy (non-hydrogen) atoms. The Balaban J connectivity index is 1.62. The first kappa shape index (κ1) is 23.8. The fourth-order valence-corrected chi connectivity index (χ4v) is 8.17. The average Bonchev–Trinajstić information content (AvgIpc) is 3.51. The Bertz CT molecular complexity index is 1460. The van der Waals surface area contributed by atoms with E-state index in [1.54, 1.807) is 34.9 Å². The van der Waals surface area contributed by atoms with Gasteiger partial charge < -0.3 is 9.88 Å². The summed E-state index contributed by atoms with van der Waals surface area (Å²) in [5.74, 6) is 0. The van der Waals surface area contributed by atoms with E-state index < -0.39 is 10.0 Å². The van der Waals surface area contributed by atoms with Crippen molar-refractivity contribution in [3.05, 3.63) is 99.4 Å². The Morgan fingerprint density at radius 3 is 2.69 bits per heavy atom. The molecule has 10 heteroatoms. The average molecular weight is 569 g/mol. The standard InChI is InChI=1S/C25H22BrN5O2S2/c26-24-8-9-25(34-24)35(32,33)31-14-20-10-19(12-27)6-7-23(20)30(15-21-13-28-17-29-21)16-22(31)11-18-4-2-1-3-5-18/h1-10,13,17,22H,11,14-16H2,(H,28,29). The molecule has 0 spiro atoms. The van der Waals surface area contributed by atoms with Crippen molar-refractivity contribution in [2.75, 3.05) is 11.4 Å². The second-order valence-corrected chi connectivity index (χ2v) is 12.9. The maximum atomic E-state index is 14.0. The Labute approximate surface area is 216 Å². The molecule has 0 fully saturated rings. The smallest absolute Gasteiger partial charge is 0.253 e. The van der Waals surface area contributed by atoms with Gasteiger partial charge in [-0.15, -0.1) is 11.3 Å². The number of rotatable bonds is 6. The van der Waals surface area contributed by atoms with E-state index >= 15 is 0 Å². The number of benzene rings is 2. The van der Waals surface area contributed by atoms with Crippen molar-refractivity contribution in [2.45, 2.75) is 29.8 Å². The predicted octanol–water partition coefficient (Wildman–Crippen LogP) is 4.93. The van der Waals surface area contributed by atoms with Crippen LogP contribution in [-0.4, -0.2) is 35.3 Å². The molecule has 1 N–H and O–H groups in total. The topological polar surface area (TPSA) is 93.1 Å². The Kier molecular flexibility index (Phi) is 6.75.